The first kappa shape index (κ1) is 39.0. The SMILES string of the molecule is CCOC(=O)N1c2ccc(C(F)(F)F)cc2[C@@H](Nc2ncc(OCCOCC(=O)O)c(Cc3cc(C(F)(F)F)cc(C(F)(F)F)c3)n2)C[C@H]1CC. The van der Waals surface area contributed by atoms with Crippen LogP contribution in [0.15, 0.2) is 42.6 Å². The molecule has 2 N–H and O–H groups in total. The molecule has 2 aromatic carbocycles. The monoisotopic (exact) mass is 738 g/mol. The number of rotatable bonds is 12. The minimum Gasteiger partial charge on any atom is -0.488 e. The lowest BCUT2D eigenvalue weighted by Crippen LogP contribution is -2.46. The maximum absolute atomic E-state index is 13.8. The number of halogens is 9. The van der Waals surface area contributed by atoms with Crippen LogP contribution in [-0.2, 0) is 39.2 Å². The Morgan fingerprint density at radius 3 is 2.14 bits per heavy atom. The van der Waals surface area contributed by atoms with Crippen molar-refractivity contribution in [2.24, 2.45) is 0 Å². The summed E-state index contributed by atoms with van der Waals surface area (Å²) in [6.07, 6.45) is -15.0. The molecule has 1 amide bonds. The van der Waals surface area contributed by atoms with E-state index in [1.807, 2.05) is 0 Å². The van der Waals surface area contributed by atoms with Crippen molar-refractivity contribution < 1.29 is 68.4 Å². The van der Waals surface area contributed by atoms with Gasteiger partial charge in [-0.2, -0.15) is 39.5 Å². The summed E-state index contributed by atoms with van der Waals surface area (Å²) in [5.74, 6) is -1.74. The third kappa shape index (κ3) is 9.92. The molecule has 0 fully saturated rings. The minimum absolute atomic E-state index is 0.00350. The molecule has 0 unspecified atom stereocenters. The maximum atomic E-state index is 13.8. The molecule has 19 heteroatoms. The van der Waals surface area contributed by atoms with E-state index in [2.05, 4.69) is 15.3 Å². The smallest absolute Gasteiger partial charge is 0.416 e. The molecule has 2 heterocycles. The average Bonchev–Trinajstić information content (AvgIpc) is 3.03. The van der Waals surface area contributed by atoms with Gasteiger partial charge in [0.2, 0.25) is 5.95 Å². The summed E-state index contributed by atoms with van der Waals surface area (Å²) in [7, 11) is 0. The highest BCUT2D eigenvalue weighted by atomic mass is 19.4. The van der Waals surface area contributed by atoms with E-state index < -0.39 is 78.0 Å². The third-order valence-corrected chi connectivity index (χ3v) is 7.66. The zero-order valence-corrected chi connectivity index (χ0v) is 26.9. The molecule has 278 valence electrons. The predicted octanol–water partition coefficient (Wildman–Crippen LogP) is 7.90. The second-order valence-electron chi connectivity index (χ2n) is 11.2. The highest BCUT2D eigenvalue weighted by Gasteiger charge is 2.40. The number of hydrogen-bond donors (Lipinski definition) is 2. The molecular weight excluding hydrogens is 707 g/mol. The van der Waals surface area contributed by atoms with Gasteiger partial charge >= 0.3 is 30.6 Å². The van der Waals surface area contributed by atoms with Crippen LogP contribution in [0, 0.1) is 0 Å². The molecule has 0 saturated heterocycles. The zero-order valence-electron chi connectivity index (χ0n) is 26.9. The van der Waals surface area contributed by atoms with Crippen molar-refractivity contribution in [1.29, 1.82) is 0 Å². The standard InChI is InChI=1S/C32H31F9N4O6/c1-3-21-14-23(22-13-18(30(33,34)35)5-6-25(22)45(21)29(48)50-4-2)43-28-42-15-26(51-8-7-49-16-27(46)47)24(44-28)11-17-9-19(31(36,37)38)12-20(10-17)32(39,40)41/h5-6,9-10,12-13,15,21,23H,3-4,7-8,11,14,16H2,1-2H3,(H,46,47)(H,42,43,44)/t21-,23+/m1/s1. The first-order chi connectivity index (χ1) is 23.8. The number of fused-ring (bicyclic) bond motifs is 1. The fourth-order valence-corrected chi connectivity index (χ4v) is 5.42. The second-order valence-corrected chi connectivity index (χ2v) is 11.2. The summed E-state index contributed by atoms with van der Waals surface area (Å²) < 4.78 is 138. The fourth-order valence-electron chi connectivity index (χ4n) is 5.42. The molecule has 0 bridgehead atoms. The largest absolute Gasteiger partial charge is 0.488 e. The van der Waals surface area contributed by atoms with Crippen molar-refractivity contribution in [3.8, 4) is 5.75 Å². The molecule has 10 nitrogen and oxygen atoms in total. The van der Waals surface area contributed by atoms with Crippen LogP contribution in [0.4, 0.5) is 55.9 Å². The second kappa shape index (κ2) is 15.6. The Hall–Kier alpha value is -4.81. The molecule has 2 atom stereocenters. The molecule has 0 radical (unpaired) electrons. The highest BCUT2D eigenvalue weighted by molar-refractivity contribution is 5.90. The van der Waals surface area contributed by atoms with Gasteiger partial charge in [0.1, 0.15) is 13.2 Å². The van der Waals surface area contributed by atoms with Gasteiger partial charge in [0.25, 0.3) is 0 Å². The topological polar surface area (TPSA) is 123 Å². The number of aromatic nitrogens is 2. The zero-order chi connectivity index (χ0) is 37.7. The molecule has 0 spiro atoms. The Kier molecular flexibility index (Phi) is 11.9. The Morgan fingerprint density at radius 2 is 1.57 bits per heavy atom. The Bertz CT molecular complexity index is 1680. The van der Waals surface area contributed by atoms with Crippen molar-refractivity contribution in [1.82, 2.24) is 9.97 Å². The van der Waals surface area contributed by atoms with Crippen LogP contribution in [0.3, 0.4) is 0 Å². The van der Waals surface area contributed by atoms with E-state index in [0.717, 1.165) is 24.4 Å². The number of hydrogen-bond acceptors (Lipinski definition) is 8. The van der Waals surface area contributed by atoms with Gasteiger partial charge in [0.15, 0.2) is 5.75 Å². The van der Waals surface area contributed by atoms with E-state index in [4.69, 9.17) is 19.3 Å². The first-order valence-corrected chi connectivity index (χ1v) is 15.3. The molecule has 51 heavy (non-hydrogen) atoms. The van der Waals surface area contributed by atoms with E-state index in [1.54, 1.807) is 13.8 Å². The summed E-state index contributed by atoms with van der Waals surface area (Å²) in [4.78, 5) is 33.3. The number of benzene rings is 2. The van der Waals surface area contributed by atoms with Crippen LogP contribution >= 0.6 is 0 Å². The number of carboxylic acids is 1. The van der Waals surface area contributed by atoms with Gasteiger partial charge in [-0.1, -0.05) is 6.92 Å². The number of nitrogens with zero attached hydrogens (tertiary/aromatic N) is 3. The summed E-state index contributed by atoms with van der Waals surface area (Å²) in [6.45, 7) is 2.04. The van der Waals surface area contributed by atoms with Gasteiger partial charge in [-0.25, -0.2) is 19.6 Å². The maximum Gasteiger partial charge on any atom is 0.416 e. The third-order valence-electron chi connectivity index (χ3n) is 7.66. The Morgan fingerprint density at radius 1 is 0.922 bits per heavy atom. The number of anilines is 2. The molecule has 0 aliphatic carbocycles. The quantitative estimate of drug-likeness (QED) is 0.141. The van der Waals surface area contributed by atoms with Gasteiger partial charge in [0.05, 0.1) is 53.5 Å². The average molecular weight is 739 g/mol. The van der Waals surface area contributed by atoms with Crippen molar-refractivity contribution in [2.75, 3.05) is 36.6 Å². The summed E-state index contributed by atoms with van der Waals surface area (Å²) in [6, 6.07) is 2.23. The molecule has 3 aromatic rings. The molecule has 1 aromatic heterocycles. The van der Waals surface area contributed by atoms with Gasteiger partial charge in [-0.3, -0.25) is 4.90 Å². The van der Waals surface area contributed by atoms with Gasteiger partial charge in [-0.15, -0.1) is 0 Å². The number of carbonyl (C=O) groups is 2. The normalized spacial score (nSPS) is 16.4. The van der Waals surface area contributed by atoms with Gasteiger partial charge in [-0.05, 0) is 67.3 Å². The fraction of sp³-hybridized carbons (Fsp3) is 0.438. The lowest BCUT2D eigenvalue weighted by atomic mass is 9.89. The Labute approximate surface area is 284 Å². The van der Waals surface area contributed by atoms with Crippen LogP contribution in [0.25, 0.3) is 0 Å². The number of aliphatic carboxylic acids is 1. The summed E-state index contributed by atoms with van der Waals surface area (Å²) in [5, 5.41) is 11.7. The number of carbonyl (C=O) groups excluding carboxylic acids is 1. The predicted molar refractivity (Wildman–Crippen MR) is 161 cm³/mol. The number of amides is 1. The minimum atomic E-state index is -5.13. The summed E-state index contributed by atoms with van der Waals surface area (Å²) >= 11 is 0. The van der Waals surface area contributed by atoms with Crippen LogP contribution in [0.2, 0.25) is 0 Å². The molecule has 0 saturated carbocycles. The molecular formula is C32H31F9N4O6. The van der Waals surface area contributed by atoms with E-state index in [-0.39, 0.29) is 61.0 Å². The van der Waals surface area contributed by atoms with Crippen molar-refractivity contribution in [3.63, 3.8) is 0 Å². The lowest BCUT2D eigenvalue weighted by molar-refractivity contribution is -0.144. The Balaban J connectivity index is 1.76. The summed E-state index contributed by atoms with van der Waals surface area (Å²) in [5.41, 5.74) is -4.69. The van der Waals surface area contributed by atoms with Crippen LogP contribution in [-0.4, -0.2) is 59.6 Å². The molecule has 1 aliphatic heterocycles. The van der Waals surface area contributed by atoms with Crippen molar-refractivity contribution in [3.05, 3.63) is 76.1 Å². The van der Waals surface area contributed by atoms with Gasteiger partial charge < -0.3 is 24.6 Å². The van der Waals surface area contributed by atoms with Crippen molar-refractivity contribution >= 4 is 23.7 Å². The van der Waals surface area contributed by atoms with E-state index in [0.29, 0.717) is 18.6 Å². The van der Waals surface area contributed by atoms with Crippen LogP contribution in [0.1, 0.15) is 66.2 Å². The number of alkyl halides is 9. The van der Waals surface area contributed by atoms with Crippen molar-refractivity contribution in [2.45, 2.75) is 63.7 Å². The first-order valence-electron chi connectivity index (χ1n) is 15.3. The number of nitrogens with one attached hydrogen (secondary N) is 1. The highest BCUT2D eigenvalue weighted by Crippen LogP contribution is 2.43. The van der Waals surface area contributed by atoms with Crippen LogP contribution in [0.5, 0.6) is 5.75 Å². The molecule has 4 rings (SSSR count). The van der Waals surface area contributed by atoms with Gasteiger partial charge in [0, 0.05) is 12.5 Å². The van der Waals surface area contributed by atoms with E-state index in [9.17, 15) is 49.1 Å². The number of carboxylic acid groups (broad SMARTS) is 1. The van der Waals surface area contributed by atoms with E-state index >= 15 is 0 Å². The van der Waals surface area contributed by atoms with Crippen LogP contribution < -0.4 is 15.0 Å². The lowest BCUT2D eigenvalue weighted by Gasteiger charge is -2.40. The van der Waals surface area contributed by atoms with E-state index in [1.165, 1.54) is 4.90 Å². The molecule has 1 aliphatic rings. The number of ether oxygens (including phenoxy) is 3.